The van der Waals surface area contributed by atoms with Crippen LogP contribution in [-0.4, -0.2) is 23.8 Å². The van der Waals surface area contributed by atoms with E-state index in [4.69, 9.17) is 9.15 Å². The fourth-order valence-electron chi connectivity index (χ4n) is 2.09. The molecule has 2 rings (SSSR count). The van der Waals surface area contributed by atoms with Crippen LogP contribution in [0.25, 0.3) is 11.0 Å². The Hall–Kier alpha value is -1.81. The van der Waals surface area contributed by atoms with Gasteiger partial charge in [0, 0.05) is 5.39 Å². The number of fused-ring (bicyclic) bond motifs is 1. The van der Waals surface area contributed by atoms with Crippen LogP contribution in [0, 0.1) is 0 Å². The molecule has 0 amide bonds. The van der Waals surface area contributed by atoms with Gasteiger partial charge in [0.1, 0.15) is 5.58 Å². The molecule has 20 heavy (non-hydrogen) atoms. The third kappa shape index (κ3) is 3.39. The second-order valence-corrected chi connectivity index (χ2v) is 4.80. The lowest BCUT2D eigenvalue weighted by Crippen LogP contribution is -2.05. The molecule has 2 aromatic rings. The third-order valence-electron chi connectivity index (χ3n) is 3.29. The highest BCUT2D eigenvalue weighted by molar-refractivity contribution is 5.92. The van der Waals surface area contributed by atoms with E-state index >= 15 is 0 Å². The summed E-state index contributed by atoms with van der Waals surface area (Å²) in [6.07, 6.45) is 2.06. The molecule has 1 atom stereocenters. The van der Waals surface area contributed by atoms with Crippen molar-refractivity contribution >= 4 is 16.9 Å². The third-order valence-corrected chi connectivity index (χ3v) is 3.29. The number of aliphatic hydroxyl groups is 1. The van der Waals surface area contributed by atoms with Crippen LogP contribution >= 0.6 is 0 Å². The lowest BCUT2D eigenvalue weighted by atomic mass is 10.0. The van der Waals surface area contributed by atoms with Crippen LogP contribution in [0.1, 0.15) is 42.8 Å². The SMILES string of the molecule is CCOC(=O)c1cc2cc(CCC(O)CC)ccc2o1. The lowest BCUT2D eigenvalue weighted by Gasteiger charge is -2.06. The molecule has 1 heterocycles. The molecule has 0 aliphatic heterocycles. The van der Waals surface area contributed by atoms with Crippen molar-refractivity contribution in [2.75, 3.05) is 6.61 Å². The van der Waals surface area contributed by atoms with E-state index in [0.717, 1.165) is 30.2 Å². The minimum absolute atomic E-state index is 0.229. The van der Waals surface area contributed by atoms with Gasteiger partial charge in [0.25, 0.3) is 0 Å². The van der Waals surface area contributed by atoms with Gasteiger partial charge in [-0.2, -0.15) is 0 Å². The zero-order valence-electron chi connectivity index (χ0n) is 11.9. The first-order valence-electron chi connectivity index (χ1n) is 7.01. The largest absolute Gasteiger partial charge is 0.460 e. The number of furan rings is 1. The fraction of sp³-hybridized carbons (Fsp3) is 0.438. The molecule has 0 aliphatic rings. The first kappa shape index (κ1) is 14.6. The van der Waals surface area contributed by atoms with Gasteiger partial charge in [0.05, 0.1) is 12.7 Å². The second-order valence-electron chi connectivity index (χ2n) is 4.80. The summed E-state index contributed by atoms with van der Waals surface area (Å²) in [4.78, 5) is 11.6. The van der Waals surface area contributed by atoms with Crippen LogP contribution in [0.15, 0.2) is 28.7 Å². The van der Waals surface area contributed by atoms with E-state index < -0.39 is 5.97 Å². The monoisotopic (exact) mass is 276 g/mol. The number of carbonyl (C=O) groups is 1. The Bertz CT molecular complexity index is 585. The van der Waals surface area contributed by atoms with Gasteiger partial charge in [-0.15, -0.1) is 0 Å². The summed E-state index contributed by atoms with van der Waals surface area (Å²) in [7, 11) is 0. The predicted octanol–water partition coefficient (Wildman–Crippen LogP) is 3.31. The summed E-state index contributed by atoms with van der Waals surface area (Å²) in [6.45, 7) is 4.06. The van der Waals surface area contributed by atoms with Crippen molar-refractivity contribution in [3.05, 3.63) is 35.6 Å². The van der Waals surface area contributed by atoms with E-state index in [9.17, 15) is 9.90 Å². The molecule has 1 aromatic carbocycles. The topological polar surface area (TPSA) is 59.7 Å². The van der Waals surface area contributed by atoms with Gasteiger partial charge in [-0.05, 0) is 49.9 Å². The van der Waals surface area contributed by atoms with E-state index in [2.05, 4.69) is 0 Å². The van der Waals surface area contributed by atoms with Crippen LogP contribution in [-0.2, 0) is 11.2 Å². The van der Waals surface area contributed by atoms with Crippen LogP contribution < -0.4 is 0 Å². The van der Waals surface area contributed by atoms with E-state index in [1.165, 1.54) is 0 Å². The summed E-state index contributed by atoms with van der Waals surface area (Å²) in [5, 5.41) is 10.5. The first-order valence-corrected chi connectivity index (χ1v) is 7.01. The summed E-state index contributed by atoms with van der Waals surface area (Å²) in [6, 6.07) is 7.51. The molecule has 0 aliphatic carbocycles. The number of benzene rings is 1. The minimum Gasteiger partial charge on any atom is -0.460 e. The number of aliphatic hydroxyl groups excluding tert-OH is 1. The number of esters is 1. The van der Waals surface area contributed by atoms with Gasteiger partial charge >= 0.3 is 5.97 Å². The summed E-state index contributed by atoms with van der Waals surface area (Å²) >= 11 is 0. The van der Waals surface area contributed by atoms with Crippen molar-refractivity contribution < 1.29 is 19.1 Å². The maximum absolute atomic E-state index is 11.6. The Morgan fingerprint density at radius 1 is 1.35 bits per heavy atom. The lowest BCUT2D eigenvalue weighted by molar-refractivity contribution is 0.0492. The van der Waals surface area contributed by atoms with Gasteiger partial charge in [0.15, 0.2) is 0 Å². The molecule has 4 nitrogen and oxygen atoms in total. The summed E-state index contributed by atoms with van der Waals surface area (Å²) in [5.74, 6) is -0.209. The quantitative estimate of drug-likeness (QED) is 0.822. The van der Waals surface area contributed by atoms with Gasteiger partial charge < -0.3 is 14.3 Å². The maximum atomic E-state index is 11.6. The molecule has 0 bridgehead atoms. The Morgan fingerprint density at radius 3 is 2.85 bits per heavy atom. The van der Waals surface area contributed by atoms with Crippen LogP contribution in [0.3, 0.4) is 0 Å². The highest BCUT2D eigenvalue weighted by Gasteiger charge is 2.13. The van der Waals surface area contributed by atoms with Gasteiger partial charge in [-0.3, -0.25) is 0 Å². The molecule has 1 unspecified atom stereocenters. The molecule has 0 saturated carbocycles. The molecule has 0 spiro atoms. The summed E-state index contributed by atoms with van der Waals surface area (Å²) < 4.78 is 10.4. The Kier molecular flexibility index (Phi) is 4.79. The van der Waals surface area contributed by atoms with Crippen molar-refractivity contribution in [1.82, 2.24) is 0 Å². The van der Waals surface area contributed by atoms with Crippen molar-refractivity contribution in [3.8, 4) is 0 Å². The zero-order valence-corrected chi connectivity index (χ0v) is 11.9. The highest BCUT2D eigenvalue weighted by Crippen LogP contribution is 2.22. The average molecular weight is 276 g/mol. The van der Waals surface area contributed by atoms with Crippen LogP contribution in [0.5, 0.6) is 0 Å². The molecule has 0 radical (unpaired) electrons. The summed E-state index contributed by atoms with van der Waals surface area (Å²) in [5.41, 5.74) is 1.80. The first-order chi connectivity index (χ1) is 9.63. The second kappa shape index (κ2) is 6.57. The molecule has 0 fully saturated rings. The van der Waals surface area contributed by atoms with Crippen molar-refractivity contribution in [2.45, 2.75) is 39.2 Å². The average Bonchev–Trinajstić information content (AvgIpc) is 2.88. The Balaban J connectivity index is 2.15. The number of aryl methyl sites for hydroxylation is 1. The van der Waals surface area contributed by atoms with Crippen LogP contribution in [0.4, 0.5) is 0 Å². The smallest absolute Gasteiger partial charge is 0.374 e. The van der Waals surface area contributed by atoms with Crippen molar-refractivity contribution in [3.63, 3.8) is 0 Å². The van der Waals surface area contributed by atoms with Crippen molar-refractivity contribution in [2.24, 2.45) is 0 Å². The molecule has 1 N–H and O–H groups in total. The number of hydrogen-bond donors (Lipinski definition) is 1. The molecular formula is C16H20O4. The zero-order chi connectivity index (χ0) is 14.5. The normalized spacial score (nSPS) is 12.6. The predicted molar refractivity (Wildman–Crippen MR) is 76.8 cm³/mol. The van der Waals surface area contributed by atoms with E-state index in [-0.39, 0.29) is 11.9 Å². The maximum Gasteiger partial charge on any atom is 0.374 e. The number of hydrogen-bond acceptors (Lipinski definition) is 4. The number of carbonyl (C=O) groups excluding carboxylic acids is 1. The standard InChI is InChI=1S/C16H20O4/c1-3-13(17)7-5-11-6-8-14-12(9-11)10-15(20-14)16(18)19-4-2/h6,8-10,13,17H,3-5,7H2,1-2H3. The van der Waals surface area contributed by atoms with Gasteiger partial charge in [0.2, 0.25) is 5.76 Å². The Labute approximate surface area is 118 Å². The molecule has 1 aromatic heterocycles. The van der Waals surface area contributed by atoms with E-state index in [1.54, 1.807) is 13.0 Å². The number of ether oxygens (including phenoxy) is 1. The fourth-order valence-corrected chi connectivity index (χ4v) is 2.09. The minimum atomic E-state index is -0.438. The van der Waals surface area contributed by atoms with Crippen molar-refractivity contribution in [1.29, 1.82) is 0 Å². The molecule has 4 heteroatoms. The molecular weight excluding hydrogens is 256 g/mol. The molecule has 108 valence electrons. The Morgan fingerprint density at radius 2 is 2.15 bits per heavy atom. The van der Waals surface area contributed by atoms with E-state index in [1.807, 2.05) is 25.1 Å². The number of rotatable bonds is 6. The molecule has 0 saturated heterocycles. The van der Waals surface area contributed by atoms with E-state index in [0.29, 0.717) is 12.2 Å². The highest BCUT2D eigenvalue weighted by atomic mass is 16.5. The van der Waals surface area contributed by atoms with Gasteiger partial charge in [-0.1, -0.05) is 13.0 Å². The van der Waals surface area contributed by atoms with Crippen LogP contribution in [0.2, 0.25) is 0 Å². The van der Waals surface area contributed by atoms with Gasteiger partial charge in [-0.25, -0.2) is 4.79 Å².